The third-order valence-corrected chi connectivity index (χ3v) is 3.19. The molecule has 1 aromatic heterocycles. The van der Waals surface area contributed by atoms with Crippen LogP contribution in [0.4, 0.5) is 0 Å². The molecule has 0 amide bonds. The summed E-state index contributed by atoms with van der Waals surface area (Å²) in [5, 5.41) is 3.38. The summed E-state index contributed by atoms with van der Waals surface area (Å²) in [6, 6.07) is 16.1. The second kappa shape index (κ2) is 5.75. The van der Waals surface area contributed by atoms with Gasteiger partial charge in [0.1, 0.15) is 11.6 Å². The van der Waals surface area contributed by atoms with Crippen LogP contribution < -0.4 is 10.1 Å². The number of hydrogen-bond donors (Lipinski definition) is 2. The fraction of sp³-hybridized carbons (Fsp3) is 0.188. The van der Waals surface area contributed by atoms with Crippen LogP contribution >= 0.6 is 0 Å². The van der Waals surface area contributed by atoms with Gasteiger partial charge in [0.2, 0.25) is 0 Å². The Labute approximate surface area is 117 Å². The number of fused-ring (bicyclic) bond motifs is 1. The van der Waals surface area contributed by atoms with Crippen molar-refractivity contribution in [2.24, 2.45) is 0 Å². The van der Waals surface area contributed by atoms with Crippen molar-refractivity contribution in [3.63, 3.8) is 0 Å². The average Bonchev–Trinajstić information content (AvgIpc) is 2.90. The van der Waals surface area contributed by atoms with E-state index in [1.54, 1.807) is 7.11 Å². The van der Waals surface area contributed by atoms with E-state index in [0.29, 0.717) is 6.54 Å². The minimum absolute atomic E-state index is 0.714. The number of para-hydroxylation sites is 2. The maximum Gasteiger partial charge on any atom is 0.121 e. The molecule has 0 spiro atoms. The summed E-state index contributed by atoms with van der Waals surface area (Å²) >= 11 is 0. The molecule has 0 aliphatic rings. The lowest BCUT2D eigenvalue weighted by Gasteiger charge is -2.05. The molecule has 0 saturated heterocycles. The smallest absolute Gasteiger partial charge is 0.121 e. The molecule has 20 heavy (non-hydrogen) atoms. The molecule has 0 atom stereocenters. The number of aromatic nitrogens is 2. The number of nitrogens with one attached hydrogen (secondary N) is 2. The molecule has 0 unspecified atom stereocenters. The van der Waals surface area contributed by atoms with Gasteiger partial charge in [-0.15, -0.1) is 0 Å². The van der Waals surface area contributed by atoms with E-state index in [-0.39, 0.29) is 0 Å². The number of ether oxygens (including phenoxy) is 1. The topological polar surface area (TPSA) is 49.9 Å². The summed E-state index contributed by atoms with van der Waals surface area (Å²) in [6.07, 6.45) is 0. The molecule has 3 rings (SSSR count). The van der Waals surface area contributed by atoms with E-state index in [4.69, 9.17) is 4.74 Å². The Morgan fingerprint density at radius 1 is 1.10 bits per heavy atom. The Morgan fingerprint density at radius 3 is 2.85 bits per heavy atom. The van der Waals surface area contributed by atoms with Crippen LogP contribution in [0.1, 0.15) is 11.4 Å². The van der Waals surface area contributed by atoms with Crippen LogP contribution in [0.2, 0.25) is 0 Å². The molecule has 0 saturated carbocycles. The van der Waals surface area contributed by atoms with Gasteiger partial charge in [-0.25, -0.2) is 4.98 Å². The Balaban J connectivity index is 1.61. The molecule has 0 radical (unpaired) electrons. The van der Waals surface area contributed by atoms with E-state index < -0.39 is 0 Å². The molecular formula is C16H17N3O. The van der Waals surface area contributed by atoms with Gasteiger partial charge in [-0.3, -0.25) is 0 Å². The molecule has 3 aromatic rings. The SMILES string of the molecule is COc1cccc(CNCc2nc3ccccc3[nH]2)c1. The second-order valence-electron chi connectivity index (χ2n) is 4.66. The summed E-state index contributed by atoms with van der Waals surface area (Å²) in [6.45, 7) is 1.50. The number of H-pyrrole nitrogens is 1. The minimum Gasteiger partial charge on any atom is -0.497 e. The van der Waals surface area contributed by atoms with Crippen molar-refractivity contribution in [2.45, 2.75) is 13.1 Å². The minimum atomic E-state index is 0.714. The summed E-state index contributed by atoms with van der Waals surface area (Å²) in [4.78, 5) is 7.84. The summed E-state index contributed by atoms with van der Waals surface area (Å²) in [7, 11) is 1.68. The Bertz CT molecular complexity index is 673. The molecule has 4 nitrogen and oxygen atoms in total. The molecule has 1 heterocycles. The number of rotatable bonds is 5. The Kier molecular flexibility index (Phi) is 3.65. The normalized spacial score (nSPS) is 10.8. The van der Waals surface area contributed by atoms with Gasteiger partial charge in [-0.1, -0.05) is 24.3 Å². The Morgan fingerprint density at radius 2 is 2.00 bits per heavy atom. The molecular weight excluding hydrogens is 250 g/mol. The largest absolute Gasteiger partial charge is 0.497 e. The Hall–Kier alpha value is -2.33. The van der Waals surface area contributed by atoms with Crippen LogP contribution in [0.5, 0.6) is 5.75 Å². The molecule has 2 aromatic carbocycles. The lowest BCUT2D eigenvalue weighted by Crippen LogP contribution is -2.13. The molecule has 0 aliphatic carbocycles. The van der Waals surface area contributed by atoms with Gasteiger partial charge < -0.3 is 15.0 Å². The predicted octanol–water partition coefficient (Wildman–Crippen LogP) is 2.86. The quantitative estimate of drug-likeness (QED) is 0.747. The highest BCUT2D eigenvalue weighted by atomic mass is 16.5. The van der Waals surface area contributed by atoms with Crippen LogP contribution in [0.25, 0.3) is 11.0 Å². The number of benzene rings is 2. The van der Waals surface area contributed by atoms with Gasteiger partial charge in [0.05, 0.1) is 24.7 Å². The molecule has 0 fully saturated rings. The highest BCUT2D eigenvalue weighted by Gasteiger charge is 2.01. The maximum atomic E-state index is 5.21. The van der Waals surface area contributed by atoms with Gasteiger partial charge in [-0.2, -0.15) is 0 Å². The van der Waals surface area contributed by atoms with Crippen molar-refractivity contribution in [2.75, 3.05) is 7.11 Å². The van der Waals surface area contributed by atoms with Gasteiger partial charge >= 0.3 is 0 Å². The van der Waals surface area contributed by atoms with Crippen LogP contribution in [0, 0.1) is 0 Å². The van der Waals surface area contributed by atoms with Crippen LogP contribution in [-0.4, -0.2) is 17.1 Å². The third-order valence-electron chi connectivity index (χ3n) is 3.19. The summed E-state index contributed by atoms with van der Waals surface area (Å²) in [5.74, 6) is 1.84. The van der Waals surface area contributed by atoms with Crippen molar-refractivity contribution in [3.8, 4) is 5.75 Å². The summed E-state index contributed by atoms with van der Waals surface area (Å²) in [5.41, 5.74) is 3.27. The monoisotopic (exact) mass is 267 g/mol. The fourth-order valence-corrected chi connectivity index (χ4v) is 2.20. The predicted molar refractivity (Wildman–Crippen MR) is 79.6 cm³/mol. The number of imidazole rings is 1. The first-order chi connectivity index (χ1) is 9.85. The molecule has 0 bridgehead atoms. The van der Waals surface area contributed by atoms with Crippen molar-refractivity contribution in [1.82, 2.24) is 15.3 Å². The molecule has 102 valence electrons. The average molecular weight is 267 g/mol. The van der Waals surface area contributed by atoms with E-state index in [2.05, 4.69) is 21.4 Å². The van der Waals surface area contributed by atoms with E-state index >= 15 is 0 Å². The second-order valence-corrected chi connectivity index (χ2v) is 4.66. The number of aromatic amines is 1. The van der Waals surface area contributed by atoms with Crippen molar-refractivity contribution in [3.05, 3.63) is 59.9 Å². The van der Waals surface area contributed by atoms with Crippen LogP contribution in [0.15, 0.2) is 48.5 Å². The molecule has 2 N–H and O–H groups in total. The fourth-order valence-electron chi connectivity index (χ4n) is 2.20. The first-order valence-electron chi connectivity index (χ1n) is 6.62. The zero-order valence-electron chi connectivity index (χ0n) is 11.4. The van der Waals surface area contributed by atoms with Gasteiger partial charge in [0.25, 0.3) is 0 Å². The van der Waals surface area contributed by atoms with Gasteiger partial charge in [0, 0.05) is 6.54 Å². The van der Waals surface area contributed by atoms with Gasteiger partial charge in [0.15, 0.2) is 0 Å². The van der Waals surface area contributed by atoms with Crippen LogP contribution in [0.3, 0.4) is 0 Å². The van der Waals surface area contributed by atoms with E-state index in [1.807, 2.05) is 42.5 Å². The highest BCUT2D eigenvalue weighted by molar-refractivity contribution is 5.74. The standard InChI is InChI=1S/C16H17N3O/c1-20-13-6-4-5-12(9-13)10-17-11-16-18-14-7-2-3-8-15(14)19-16/h2-9,17H,10-11H2,1H3,(H,18,19). The molecule has 4 heteroatoms. The van der Waals surface area contributed by atoms with Crippen molar-refractivity contribution < 1.29 is 4.74 Å². The lowest BCUT2D eigenvalue weighted by atomic mass is 10.2. The number of methoxy groups -OCH3 is 1. The zero-order valence-corrected chi connectivity index (χ0v) is 11.4. The first-order valence-corrected chi connectivity index (χ1v) is 6.62. The van der Waals surface area contributed by atoms with Crippen LogP contribution in [-0.2, 0) is 13.1 Å². The third kappa shape index (κ3) is 2.81. The van der Waals surface area contributed by atoms with Crippen molar-refractivity contribution in [1.29, 1.82) is 0 Å². The first kappa shape index (κ1) is 12.7. The number of hydrogen-bond acceptors (Lipinski definition) is 3. The van der Waals surface area contributed by atoms with E-state index in [9.17, 15) is 0 Å². The lowest BCUT2D eigenvalue weighted by molar-refractivity contribution is 0.414. The molecule has 0 aliphatic heterocycles. The van der Waals surface area contributed by atoms with E-state index in [1.165, 1.54) is 5.56 Å². The number of nitrogens with zero attached hydrogens (tertiary/aromatic N) is 1. The maximum absolute atomic E-state index is 5.21. The zero-order chi connectivity index (χ0) is 13.8. The van der Waals surface area contributed by atoms with Gasteiger partial charge in [-0.05, 0) is 29.8 Å². The van der Waals surface area contributed by atoms with Crippen molar-refractivity contribution >= 4 is 11.0 Å². The van der Waals surface area contributed by atoms with E-state index in [0.717, 1.165) is 29.2 Å². The highest BCUT2D eigenvalue weighted by Crippen LogP contribution is 2.13. The summed E-state index contributed by atoms with van der Waals surface area (Å²) < 4.78 is 5.21.